The van der Waals surface area contributed by atoms with Crippen molar-refractivity contribution >= 4 is 15.9 Å². The van der Waals surface area contributed by atoms with E-state index in [0.717, 1.165) is 21.3 Å². The quantitative estimate of drug-likeness (QED) is 0.496. The molecule has 4 rings (SSSR count). The predicted molar refractivity (Wildman–Crippen MR) is 96.3 cm³/mol. The maximum Gasteiger partial charge on any atom is 0.257 e. The zero-order valence-corrected chi connectivity index (χ0v) is 15.3. The SMILES string of the molecule is COc1ccc(-c2nc(Cn3nnc(-c4ccc(Br)cc4)n3)no2)cc1. The molecule has 0 spiro atoms. The molecule has 26 heavy (non-hydrogen) atoms. The van der Waals surface area contributed by atoms with Crippen molar-refractivity contribution in [2.45, 2.75) is 6.54 Å². The van der Waals surface area contributed by atoms with Gasteiger partial charge >= 0.3 is 0 Å². The molecule has 9 heteroatoms. The molecule has 2 aromatic carbocycles. The number of tetrazole rings is 1. The summed E-state index contributed by atoms with van der Waals surface area (Å²) in [6, 6.07) is 15.1. The van der Waals surface area contributed by atoms with Gasteiger partial charge in [0.2, 0.25) is 5.82 Å². The van der Waals surface area contributed by atoms with Crippen molar-refractivity contribution in [3.8, 4) is 28.6 Å². The van der Waals surface area contributed by atoms with Crippen LogP contribution in [0.15, 0.2) is 57.5 Å². The Morgan fingerprint density at radius 3 is 2.50 bits per heavy atom. The van der Waals surface area contributed by atoms with E-state index < -0.39 is 0 Å². The summed E-state index contributed by atoms with van der Waals surface area (Å²) in [5, 5.41) is 16.4. The van der Waals surface area contributed by atoms with Crippen molar-refractivity contribution < 1.29 is 9.26 Å². The molecular weight excluding hydrogens is 400 g/mol. The third-order valence-corrected chi connectivity index (χ3v) is 4.17. The first kappa shape index (κ1) is 16.4. The summed E-state index contributed by atoms with van der Waals surface area (Å²) in [7, 11) is 1.62. The van der Waals surface area contributed by atoms with E-state index in [1.165, 1.54) is 4.80 Å². The van der Waals surface area contributed by atoms with Gasteiger partial charge in [-0.15, -0.1) is 10.2 Å². The summed E-state index contributed by atoms with van der Waals surface area (Å²) in [4.78, 5) is 5.80. The van der Waals surface area contributed by atoms with Crippen LogP contribution in [-0.4, -0.2) is 37.5 Å². The van der Waals surface area contributed by atoms with Gasteiger partial charge < -0.3 is 9.26 Å². The lowest BCUT2D eigenvalue weighted by atomic mass is 10.2. The highest BCUT2D eigenvalue weighted by Crippen LogP contribution is 2.21. The molecule has 2 heterocycles. The average molecular weight is 413 g/mol. The molecule has 4 aromatic rings. The van der Waals surface area contributed by atoms with Crippen LogP contribution >= 0.6 is 15.9 Å². The van der Waals surface area contributed by atoms with Crippen LogP contribution in [0.4, 0.5) is 0 Å². The molecule has 0 aliphatic carbocycles. The molecular formula is C17H13BrN6O2. The Labute approximate surface area is 156 Å². The molecule has 0 amide bonds. The minimum absolute atomic E-state index is 0.267. The number of rotatable bonds is 5. The van der Waals surface area contributed by atoms with Crippen LogP contribution in [0.2, 0.25) is 0 Å². The van der Waals surface area contributed by atoms with Crippen LogP contribution in [0.5, 0.6) is 5.75 Å². The van der Waals surface area contributed by atoms with Crippen molar-refractivity contribution in [1.29, 1.82) is 0 Å². The van der Waals surface area contributed by atoms with Gasteiger partial charge in [0, 0.05) is 15.6 Å². The highest BCUT2D eigenvalue weighted by atomic mass is 79.9. The molecule has 0 N–H and O–H groups in total. The second kappa shape index (κ2) is 7.04. The van der Waals surface area contributed by atoms with Crippen LogP contribution in [0.1, 0.15) is 5.82 Å². The topological polar surface area (TPSA) is 91.8 Å². The van der Waals surface area contributed by atoms with Crippen molar-refractivity contribution in [3.63, 3.8) is 0 Å². The Morgan fingerprint density at radius 1 is 1.04 bits per heavy atom. The normalized spacial score (nSPS) is 10.8. The van der Waals surface area contributed by atoms with E-state index in [1.807, 2.05) is 48.5 Å². The Hall–Kier alpha value is -3.07. The number of halogens is 1. The van der Waals surface area contributed by atoms with E-state index in [0.29, 0.717) is 17.5 Å². The fourth-order valence-corrected chi connectivity index (χ4v) is 2.58. The Morgan fingerprint density at radius 2 is 1.77 bits per heavy atom. The lowest BCUT2D eigenvalue weighted by Crippen LogP contribution is -2.05. The van der Waals surface area contributed by atoms with Gasteiger partial charge in [-0.05, 0) is 53.7 Å². The van der Waals surface area contributed by atoms with Gasteiger partial charge in [0.15, 0.2) is 5.82 Å². The number of hydrogen-bond acceptors (Lipinski definition) is 7. The zero-order valence-electron chi connectivity index (χ0n) is 13.7. The molecule has 0 bridgehead atoms. The molecule has 0 unspecified atom stereocenters. The highest BCUT2D eigenvalue weighted by molar-refractivity contribution is 9.10. The summed E-state index contributed by atoms with van der Waals surface area (Å²) in [6.45, 7) is 0.267. The maximum absolute atomic E-state index is 5.30. The summed E-state index contributed by atoms with van der Waals surface area (Å²) in [6.07, 6.45) is 0. The van der Waals surface area contributed by atoms with Gasteiger partial charge in [0.05, 0.1) is 7.11 Å². The summed E-state index contributed by atoms with van der Waals surface area (Å²) in [5.74, 6) is 2.20. The van der Waals surface area contributed by atoms with E-state index in [-0.39, 0.29) is 6.54 Å². The van der Waals surface area contributed by atoms with E-state index in [4.69, 9.17) is 9.26 Å². The molecule has 8 nitrogen and oxygen atoms in total. The second-order valence-electron chi connectivity index (χ2n) is 5.39. The Balaban J connectivity index is 1.49. The van der Waals surface area contributed by atoms with Crippen molar-refractivity contribution in [1.82, 2.24) is 30.3 Å². The van der Waals surface area contributed by atoms with Crippen LogP contribution in [0, 0.1) is 0 Å². The van der Waals surface area contributed by atoms with E-state index in [9.17, 15) is 0 Å². The third kappa shape index (κ3) is 3.47. The smallest absolute Gasteiger partial charge is 0.257 e. The molecule has 0 fully saturated rings. The largest absolute Gasteiger partial charge is 0.497 e. The monoisotopic (exact) mass is 412 g/mol. The standard InChI is InChI=1S/C17H13BrN6O2/c1-25-14-8-4-12(5-9-14)17-19-15(22-26-17)10-24-21-16(20-23-24)11-2-6-13(18)7-3-11/h2-9H,10H2,1H3. The molecule has 2 aromatic heterocycles. The predicted octanol–water partition coefficient (Wildman–Crippen LogP) is 3.21. The fraction of sp³-hybridized carbons (Fsp3) is 0.118. The number of methoxy groups -OCH3 is 1. The third-order valence-electron chi connectivity index (χ3n) is 3.64. The summed E-state index contributed by atoms with van der Waals surface area (Å²) in [5.41, 5.74) is 1.69. The van der Waals surface area contributed by atoms with Gasteiger partial charge in [0.25, 0.3) is 5.89 Å². The number of nitrogens with zero attached hydrogens (tertiary/aromatic N) is 6. The molecule has 0 aliphatic heterocycles. The number of benzene rings is 2. The number of ether oxygens (including phenoxy) is 1. The van der Waals surface area contributed by atoms with Gasteiger partial charge in [-0.1, -0.05) is 21.1 Å². The second-order valence-corrected chi connectivity index (χ2v) is 6.31. The highest BCUT2D eigenvalue weighted by Gasteiger charge is 2.12. The van der Waals surface area contributed by atoms with Gasteiger partial charge in [-0.25, -0.2) is 0 Å². The maximum atomic E-state index is 5.30. The van der Waals surface area contributed by atoms with E-state index in [1.54, 1.807) is 7.11 Å². The number of hydrogen-bond donors (Lipinski definition) is 0. The lowest BCUT2D eigenvalue weighted by molar-refractivity contribution is 0.412. The zero-order chi connectivity index (χ0) is 17.9. The minimum atomic E-state index is 0.267. The van der Waals surface area contributed by atoms with Crippen molar-refractivity contribution in [3.05, 3.63) is 58.8 Å². The van der Waals surface area contributed by atoms with Crippen LogP contribution < -0.4 is 4.74 Å². The summed E-state index contributed by atoms with van der Waals surface area (Å²) >= 11 is 3.40. The molecule has 130 valence electrons. The molecule has 0 radical (unpaired) electrons. The molecule has 0 saturated heterocycles. The van der Waals surface area contributed by atoms with Gasteiger partial charge in [-0.3, -0.25) is 0 Å². The van der Waals surface area contributed by atoms with Crippen LogP contribution in [0.3, 0.4) is 0 Å². The van der Waals surface area contributed by atoms with E-state index >= 15 is 0 Å². The van der Waals surface area contributed by atoms with Crippen molar-refractivity contribution in [2.24, 2.45) is 0 Å². The first-order chi connectivity index (χ1) is 12.7. The molecule has 0 saturated carbocycles. The van der Waals surface area contributed by atoms with Crippen molar-refractivity contribution in [2.75, 3.05) is 7.11 Å². The van der Waals surface area contributed by atoms with Crippen LogP contribution in [-0.2, 0) is 6.54 Å². The minimum Gasteiger partial charge on any atom is -0.497 e. The summed E-state index contributed by atoms with van der Waals surface area (Å²) < 4.78 is 11.4. The first-order valence-electron chi connectivity index (χ1n) is 7.72. The lowest BCUT2D eigenvalue weighted by Gasteiger charge is -1.98. The fourth-order valence-electron chi connectivity index (χ4n) is 2.32. The Kier molecular flexibility index (Phi) is 4.44. The van der Waals surface area contributed by atoms with Gasteiger partial charge in [0.1, 0.15) is 12.3 Å². The van der Waals surface area contributed by atoms with Crippen LogP contribution in [0.25, 0.3) is 22.8 Å². The first-order valence-corrected chi connectivity index (χ1v) is 8.51. The van der Waals surface area contributed by atoms with E-state index in [2.05, 4.69) is 41.5 Å². The average Bonchev–Trinajstić information content (AvgIpc) is 3.33. The van der Waals surface area contributed by atoms with Gasteiger partial charge in [-0.2, -0.15) is 9.78 Å². The number of aromatic nitrogens is 6. The molecule has 0 atom stereocenters. The molecule has 0 aliphatic rings. The Bertz CT molecular complexity index is 1010.